The molecule has 0 radical (unpaired) electrons. The summed E-state index contributed by atoms with van der Waals surface area (Å²) in [6.07, 6.45) is 1.90. The van der Waals surface area contributed by atoms with Crippen LogP contribution in [-0.2, 0) is 6.42 Å². The van der Waals surface area contributed by atoms with E-state index in [0.29, 0.717) is 5.82 Å². The van der Waals surface area contributed by atoms with Crippen LogP contribution in [0.2, 0.25) is 0 Å². The standard InChI is InChI=1S/C13H15BrN2O/c1-3-4-9-12(17-16-13(9)15)10-7-8(2)5-6-11(10)14/h5-7H,3-4H2,1-2H3,(H2,15,16). The lowest BCUT2D eigenvalue weighted by Gasteiger charge is -2.04. The van der Waals surface area contributed by atoms with Crippen LogP contribution in [0.25, 0.3) is 11.3 Å². The maximum absolute atomic E-state index is 5.83. The van der Waals surface area contributed by atoms with Crippen molar-refractivity contribution in [2.75, 3.05) is 5.73 Å². The lowest BCUT2D eigenvalue weighted by molar-refractivity contribution is 0.434. The average Bonchev–Trinajstić information content (AvgIpc) is 2.65. The smallest absolute Gasteiger partial charge is 0.173 e. The molecule has 17 heavy (non-hydrogen) atoms. The number of benzene rings is 1. The van der Waals surface area contributed by atoms with E-state index < -0.39 is 0 Å². The van der Waals surface area contributed by atoms with Crippen LogP contribution in [0.4, 0.5) is 5.82 Å². The van der Waals surface area contributed by atoms with E-state index in [1.165, 1.54) is 5.56 Å². The normalized spacial score (nSPS) is 10.8. The Kier molecular flexibility index (Phi) is 3.52. The zero-order valence-corrected chi connectivity index (χ0v) is 11.5. The minimum absolute atomic E-state index is 0.496. The van der Waals surface area contributed by atoms with Gasteiger partial charge in [0.1, 0.15) is 0 Å². The lowest BCUT2D eigenvalue weighted by Crippen LogP contribution is -1.93. The minimum Gasteiger partial charge on any atom is -0.381 e. The van der Waals surface area contributed by atoms with Gasteiger partial charge in [0.2, 0.25) is 0 Å². The highest BCUT2D eigenvalue weighted by Crippen LogP contribution is 2.34. The number of nitrogens with two attached hydrogens (primary N) is 1. The van der Waals surface area contributed by atoms with Crippen LogP contribution in [0.3, 0.4) is 0 Å². The number of anilines is 1. The Bertz CT molecular complexity index is 534. The molecule has 2 rings (SSSR count). The molecule has 2 N–H and O–H groups in total. The highest BCUT2D eigenvalue weighted by molar-refractivity contribution is 9.10. The maximum Gasteiger partial charge on any atom is 0.173 e. The van der Waals surface area contributed by atoms with Crippen molar-refractivity contribution in [1.82, 2.24) is 5.16 Å². The topological polar surface area (TPSA) is 52.0 Å². The Morgan fingerprint density at radius 3 is 2.88 bits per heavy atom. The van der Waals surface area contributed by atoms with E-state index in [0.717, 1.165) is 34.2 Å². The molecular weight excluding hydrogens is 280 g/mol. The molecule has 90 valence electrons. The number of aryl methyl sites for hydroxylation is 1. The van der Waals surface area contributed by atoms with E-state index in [-0.39, 0.29) is 0 Å². The van der Waals surface area contributed by atoms with E-state index in [4.69, 9.17) is 10.3 Å². The third-order valence-corrected chi connectivity index (χ3v) is 3.38. The van der Waals surface area contributed by atoms with Crippen molar-refractivity contribution in [2.45, 2.75) is 26.7 Å². The zero-order chi connectivity index (χ0) is 12.4. The quantitative estimate of drug-likeness (QED) is 0.932. The van der Waals surface area contributed by atoms with Gasteiger partial charge in [-0.25, -0.2) is 0 Å². The van der Waals surface area contributed by atoms with Crippen molar-refractivity contribution in [2.24, 2.45) is 0 Å². The molecule has 0 saturated carbocycles. The first-order valence-electron chi connectivity index (χ1n) is 5.64. The molecule has 0 unspecified atom stereocenters. The van der Waals surface area contributed by atoms with Gasteiger partial charge in [-0.1, -0.05) is 46.1 Å². The van der Waals surface area contributed by atoms with E-state index in [1.807, 2.05) is 12.1 Å². The van der Waals surface area contributed by atoms with E-state index >= 15 is 0 Å². The molecule has 0 fully saturated rings. The fourth-order valence-electron chi connectivity index (χ4n) is 1.84. The van der Waals surface area contributed by atoms with Crippen LogP contribution in [0.1, 0.15) is 24.5 Å². The number of aromatic nitrogens is 1. The van der Waals surface area contributed by atoms with Crippen molar-refractivity contribution < 1.29 is 4.52 Å². The van der Waals surface area contributed by atoms with Crippen molar-refractivity contribution in [3.8, 4) is 11.3 Å². The second-order valence-corrected chi connectivity index (χ2v) is 4.96. The Hall–Kier alpha value is -1.29. The fourth-order valence-corrected chi connectivity index (χ4v) is 2.26. The molecule has 0 aliphatic carbocycles. The Morgan fingerprint density at radius 2 is 2.18 bits per heavy atom. The number of nitrogen functional groups attached to an aromatic ring is 1. The molecule has 2 aromatic rings. The second-order valence-electron chi connectivity index (χ2n) is 4.11. The Morgan fingerprint density at radius 1 is 1.41 bits per heavy atom. The van der Waals surface area contributed by atoms with Gasteiger partial charge in [-0.3, -0.25) is 0 Å². The van der Waals surface area contributed by atoms with Crippen molar-refractivity contribution in [3.05, 3.63) is 33.8 Å². The summed E-state index contributed by atoms with van der Waals surface area (Å²) >= 11 is 3.53. The molecule has 0 saturated heterocycles. The number of hydrogen-bond donors (Lipinski definition) is 1. The number of nitrogens with zero attached hydrogens (tertiary/aromatic N) is 1. The summed E-state index contributed by atoms with van der Waals surface area (Å²) in [6.45, 7) is 4.16. The molecule has 1 aromatic carbocycles. The highest BCUT2D eigenvalue weighted by atomic mass is 79.9. The highest BCUT2D eigenvalue weighted by Gasteiger charge is 2.17. The van der Waals surface area contributed by atoms with Crippen LogP contribution in [0.15, 0.2) is 27.2 Å². The molecule has 0 bridgehead atoms. The van der Waals surface area contributed by atoms with E-state index in [2.05, 4.69) is 41.0 Å². The monoisotopic (exact) mass is 294 g/mol. The maximum atomic E-state index is 5.83. The summed E-state index contributed by atoms with van der Waals surface area (Å²) in [6, 6.07) is 6.13. The van der Waals surface area contributed by atoms with Gasteiger partial charge in [-0.15, -0.1) is 0 Å². The molecule has 0 amide bonds. The molecule has 1 heterocycles. The zero-order valence-electron chi connectivity index (χ0n) is 9.96. The summed E-state index contributed by atoms with van der Waals surface area (Å²) in [5, 5.41) is 3.86. The SMILES string of the molecule is CCCc1c(N)noc1-c1cc(C)ccc1Br. The predicted octanol–water partition coefficient (Wildman–Crippen LogP) is 3.95. The third kappa shape index (κ3) is 2.36. The summed E-state index contributed by atoms with van der Waals surface area (Å²) in [7, 11) is 0. The van der Waals surface area contributed by atoms with Crippen LogP contribution >= 0.6 is 15.9 Å². The number of rotatable bonds is 3. The third-order valence-electron chi connectivity index (χ3n) is 2.69. The molecule has 0 aliphatic rings. The fraction of sp³-hybridized carbons (Fsp3) is 0.308. The van der Waals surface area contributed by atoms with Crippen molar-refractivity contribution in [3.63, 3.8) is 0 Å². The van der Waals surface area contributed by atoms with Gasteiger partial charge in [-0.05, 0) is 25.5 Å². The lowest BCUT2D eigenvalue weighted by atomic mass is 10.0. The van der Waals surface area contributed by atoms with Gasteiger partial charge >= 0.3 is 0 Å². The van der Waals surface area contributed by atoms with Crippen LogP contribution in [-0.4, -0.2) is 5.16 Å². The molecule has 4 heteroatoms. The molecule has 1 aromatic heterocycles. The van der Waals surface area contributed by atoms with Gasteiger partial charge in [0.05, 0.1) is 0 Å². The van der Waals surface area contributed by atoms with Gasteiger partial charge in [-0.2, -0.15) is 0 Å². The molecular formula is C13H15BrN2O. The first-order chi connectivity index (χ1) is 8.13. The first kappa shape index (κ1) is 12.2. The summed E-state index contributed by atoms with van der Waals surface area (Å²) < 4.78 is 6.36. The minimum atomic E-state index is 0.496. The van der Waals surface area contributed by atoms with E-state index in [9.17, 15) is 0 Å². The van der Waals surface area contributed by atoms with Crippen LogP contribution in [0.5, 0.6) is 0 Å². The van der Waals surface area contributed by atoms with Gasteiger partial charge in [0, 0.05) is 15.6 Å². The Balaban J connectivity index is 2.56. The van der Waals surface area contributed by atoms with Crippen LogP contribution in [0, 0.1) is 6.92 Å². The van der Waals surface area contributed by atoms with Gasteiger partial charge < -0.3 is 10.3 Å². The Labute approximate surface area is 109 Å². The van der Waals surface area contributed by atoms with Gasteiger partial charge in [0.25, 0.3) is 0 Å². The molecule has 3 nitrogen and oxygen atoms in total. The first-order valence-corrected chi connectivity index (χ1v) is 6.43. The molecule has 0 aliphatic heterocycles. The van der Waals surface area contributed by atoms with Crippen molar-refractivity contribution in [1.29, 1.82) is 0 Å². The number of hydrogen-bond acceptors (Lipinski definition) is 3. The second kappa shape index (κ2) is 4.92. The van der Waals surface area contributed by atoms with E-state index in [1.54, 1.807) is 0 Å². The summed E-state index contributed by atoms with van der Waals surface area (Å²) in [4.78, 5) is 0. The largest absolute Gasteiger partial charge is 0.381 e. The summed E-state index contributed by atoms with van der Waals surface area (Å²) in [5.41, 5.74) is 9.02. The summed E-state index contributed by atoms with van der Waals surface area (Å²) in [5.74, 6) is 1.27. The van der Waals surface area contributed by atoms with Crippen molar-refractivity contribution >= 4 is 21.7 Å². The number of halogens is 1. The molecule has 0 spiro atoms. The molecule has 0 atom stereocenters. The van der Waals surface area contributed by atoms with Gasteiger partial charge in [0.15, 0.2) is 11.6 Å². The predicted molar refractivity (Wildman–Crippen MR) is 72.8 cm³/mol. The van der Waals surface area contributed by atoms with Crippen LogP contribution < -0.4 is 5.73 Å². The average molecular weight is 295 g/mol.